The summed E-state index contributed by atoms with van der Waals surface area (Å²) in [7, 11) is 0. The van der Waals surface area contributed by atoms with Gasteiger partial charge in [-0.05, 0) is 29.8 Å². The summed E-state index contributed by atoms with van der Waals surface area (Å²) in [6.45, 7) is 1.46. The average Bonchev–Trinajstić information content (AvgIpc) is 2.54. The fraction of sp³-hybridized carbons (Fsp3) is 0.125. The quantitative estimate of drug-likeness (QED) is 0.870. The van der Waals surface area contributed by atoms with Gasteiger partial charge in [0.2, 0.25) is 5.91 Å². The van der Waals surface area contributed by atoms with E-state index in [-0.39, 0.29) is 11.7 Å². The number of carbonyl (C=O) groups excluding carboxylic acids is 2. The molecule has 0 spiro atoms. The SMILES string of the molecule is CC(=O)Nc1ccc2c(c1)C(=O)Cc1ccccc1S2. The van der Waals surface area contributed by atoms with Crippen LogP contribution in [0.4, 0.5) is 5.69 Å². The van der Waals surface area contributed by atoms with Gasteiger partial charge >= 0.3 is 0 Å². The summed E-state index contributed by atoms with van der Waals surface area (Å²) in [5.74, 6) is -0.0494. The van der Waals surface area contributed by atoms with Crippen LogP contribution in [-0.4, -0.2) is 11.7 Å². The summed E-state index contributed by atoms with van der Waals surface area (Å²) < 4.78 is 0. The fourth-order valence-electron chi connectivity index (χ4n) is 2.25. The number of hydrogen-bond donors (Lipinski definition) is 1. The molecule has 4 heteroatoms. The van der Waals surface area contributed by atoms with Gasteiger partial charge in [0.25, 0.3) is 0 Å². The lowest BCUT2D eigenvalue weighted by atomic mass is 10.0. The number of Topliss-reactive ketones (excluding diaryl/α,β-unsaturated/α-hetero) is 1. The Kier molecular flexibility index (Phi) is 3.32. The first-order valence-corrected chi connectivity index (χ1v) is 7.16. The Bertz CT molecular complexity index is 709. The maximum atomic E-state index is 12.4. The van der Waals surface area contributed by atoms with Gasteiger partial charge in [-0.25, -0.2) is 0 Å². The molecule has 0 saturated heterocycles. The van der Waals surface area contributed by atoms with E-state index in [0.29, 0.717) is 17.7 Å². The molecule has 0 bridgehead atoms. The lowest BCUT2D eigenvalue weighted by Crippen LogP contribution is -2.08. The molecule has 2 aromatic carbocycles. The predicted molar refractivity (Wildman–Crippen MR) is 79.3 cm³/mol. The lowest BCUT2D eigenvalue weighted by Gasteiger charge is -2.08. The highest BCUT2D eigenvalue weighted by Crippen LogP contribution is 2.37. The van der Waals surface area contributed by atoms with Gasteiger partial charge in [0.15, 0.2) is 5.78 Å². The van der Waals surface area contributed by atoms with E-state index in [2.05, 4.69) is 5.32 Å². The van der Waals surface area contributed by atoms with E-state index in [9.17, 15) is 9.59 Å². The number of rotatable bonds is 1. The summed E-state index contributed by atoms with van der Waals surface area (Å²) in [4.78, 5) is 25.5. The van der Waals surface area contributed by atoms with Gasteiger partial charge in [0.05, 0.1) is 0 Å². The Balaban J connectivity index is 2.04. The molecule has 1 amide bonds. The van der Waals surface area contributed by atoms with Crippen LogP contribution in [0.5, 0.6) is 0 Å². The molecule has 0 fully saturated rings. The molecular weight excluding hydrogens is 270 g/mol. The van der Waals surface area contributed by atoms with Gasteiger partial charge in [0.1, 0.15) is 0 Å². The zero-order chi connectivity index (χ0) is 14.1. The second-order valence-corrected chi connectivity index (χ2v) is 5.79. The minimum Gasteiger partial charge on any atom is -0.326 e. The molecular formula is C16H13NO2S. The zero-order valence-corrected chi connectivity index (χ0v) is 11.8. The molecule has 0 saturated carbocycles. The van der Waals surface area contributed by atoms with Crippen molar-refractivity contribution in [3.8, 4) is 0 Å². The van der Waals surface area contributed by atoms with Crippen molar-refractivity contribution in [1.29, 1.82) is 0 Å². The third kappa shape index (κ3) is 2.47. The van der Waals surface area contributed by atoms with Gasteiger partial charge < -0.3 is 5.32 Å². The van der Waals surface area contributed by atoms with E-state index in [1.165, 1.54) is 6.92 Å². The lowest BCUT2D eigenvalue weighted by molar-refractivity contribution is -0.114. The van der Waals surface area contributed by atoms with Crippen molar-refractivity contribution in [2.24, 2.45) is 0 Å². The molecule has 1 N–H and O–H groups in total. The van der Waals surface area contributed by atoms with Gasteiger partial charge in [-0.1, -0.05) is 30.0 Å². The largest absolute Gasteiger partial charge is 0.326 e. The average molecular weight is 283 g/mol. The molecule has 0 aliphatic carbocycles. The first-order chi connectivity index (χ1) is 9.63. The molecule has 1 aliphatic heterocycles. The topological polar surface area (TPSA) is 46.2 Å². The summed E-state index contributed by atoms with van der Waals surface area (Å²) in [6.07, 6.45) is 0.402. The Labute approximate surface area is 121 Å². The first-order valence-electron chi connectivity index (χ1n) is 6.34. The standard InChI is InChI=1S/C16H13NO2S/c1-10(18)17-12-6-7-16-13(9-12)14(19)8-11-4-2-3-5-15(11)20-16/h2-7,9H,8H2,1H3,(H,17,18). The van der Waals surface area contributed by atoms with Crippen LogP contribution in [0.15, 0.2) is 52.3 Å². The van der Waals surface area contributed by atoms with Gasteiger partial charge in [-0.15, -0.1) is 0 Å². The predicted octanol–water partition coefficient (Wildman–Crippen LogP) is 3.54. The molecule has 20 heavy (non-hydrogen) atoms. The van der Waals surface area contributed by atoms with E-state index >= 15 is 0 Å². The highest BCUT2D eigenvalue weighted by Gasteiger charge is 2.20. The summed E-state index contributed by atoms with van der Waals surface area (Å²) in [6, 6.07) is 13.4. The number of amides is 1. The van der Waals surface area contributed by atoms with Crippen LogP contribution in [0.25, 0.3) is 0 Å². The molecule has 1 heterocycles. The van der Waals surface area contributed by atoms with Gasteiger partial charge in [-0.3, -0.25) is 9.59 Å². The maximum absolute atomic E-state index is 12.4. The second kappa shape index (κ2) is 5.13. The van der Waals surface area contributed by atoms with Crippen LogP contribution in [0.3, 0.4) is 0 Å². The molecule has 0 atom stereocenters. The number of fused-ring (bicyclic) bond motifs is 2. The van der Waals surface area contributed by atoms with Crippen molar-refractivity contribution < 1.29 is 9.59 Å². The molecule has 0 unspecified atom stereocenters. The van der Waals surface area contributed by atoms with Crippen LogP contribution in [-0.2, 0) is 11.2 Å². The first kappa shape index (κ1) is 12.9. The highest BCUT2D eigenvalue weighted by atomic mass is 32.2. The molecule has 3 nitrogen and oxygen atoms in total. The van der Waals surface area contributed by atoms with Crippen molar-refractivity contribution in [1.82, 2.24) is 0 Å². The van der Waals surface area contributed by atoms with Crippen LogP contribution < -0.4 is 5.32 Å². The zero-order valence-electron chi connectivity index (χ0n) is 11.0. The number of nitrogens with one attached hydrogen (secondary N) is 1. The minimum atomic E-state index is -0.137. The van der Waals surface area contributed by atoms with E-state index in [0.717, 1.165) is 15.4 Å². The Morgan fingerprint density at radius 2 is 1.95 bits per heavy atom. The van der Waals surface area contributed by atoms with E-state index in [1.54, 1.807) is 17.8 Å². The molecule has 0 radical (unpaired) electrons. The fourth-order valence-corrected chi connectivity index (χ4v) is 3.33. The van der Waals surface area contributed by atoms with Crippen molar-refractivity contribution in [2.45, 2.75) is 23.1 Å². The van der Waals surface area contributed by atoms with Crippen LogP contribution in [0, 0.1) is 0 Å². The van der Waals surface area contributed by atoms with Crippen LogP contribution in [0.1, 0.15) is 22.8 Å². The monoisotopic (exact) mass is 283 g/mol. The van der Waals surface area contributed by atoms with Crippen molar-refractivity contribution in [3.05, 3.63) is 53.6 Å². The second-order valence-electron chi connectivity index (χ2n) is 4.70. The molecule has 100 valence electrons. The van der Waals surface area contributed by atoms with Crippen molar-refractivity contribution in [2.75, 3.05) is 5.32 Å². The van der Waals surface area contributed by atoms with Crippen LogP contribution in [0.2, 0.25) is 0 Å². The minimum absolute atomic E-state index is 0.0876. The third-order valence-electron chi connectivity index (χ3n) is 3.14. The number of anilines is 1. The van der Waals surface area contributed by atoms with Gasteiger partial charge in [0, 0.05) is 34.4 Å². The molecule has 3 rings (SSSR count). The third-order valence-corrected chi connectivity index (χ3v) is 4.34. The highest BCUT2D eigenvalue weighted by molar-refractivity contribution is 7.99. The van der Waals surface area contributed by atoms with E-state index in [1.807, 2.05) is 36.4 Å². The Morgan fingerprint density at radius 1 is 1.15 bits per heavy atom. The number of hydrogen-bond acceptors (Lipinski definition) is 3. The summed E-state index contributed by atoms with van der Waals surface area (Å²) >= 11 is 1.60. The van der Waals surface area contributed by atoms with Crippen LogP contribution >= 0.6 is 11.8 Å². The smallest absolute Gasteiger partial charge is 0.221 e. The van der Waals surface area contributed by atoms with Gasteiger partial charge in [-0.2, -0.15) is 0 Å². The van der Waals surface area contributed by atoms with Crippen molar-refractivity contribution >= 4 is 29.1 Å². The Morgan fingerprint density at radius 3 is 2.75 bits per heavy atom. The molecule has 0 aromatic heterocycles. The molecule has 2 aromatic rings. The van der Waals surface area contributed by atoms with Crippen molar-refractivity contribution in [3.63, 3.8) is 0 Å². The number of carbonyl (C=O) groups is 2. The number of ketones is 1. The summed E-state index contributed by atoms with van der Waals surface area (Å²) in [5.41, 5.74) is 2.40. The normalized spacial score (nSPS) is 13.2. The van der Waals surface area contributed by atoms with E-state index in [4.69, 9.17) is 0 Å². The Hall–Kier alpha value is -2.07. The van der Waals surface area contributed by atoms with E-state index < -0.39 is 0 Å². The summed E-state index contributed by atoms with van der Waals surface area (Å²) in [5, 5.41) is 2.72. The number of benzene rings is 2. The molecule has 1 aliphatic rings. The maximum Gasteiger partial charge on any atom is 0.221 e.